The Morgan fingerprint density at radius 2 is 2.04 bits per heavy atom. The fourth-order valence-electron chi connectivity index (χ4n) is 3.08. The third-order valence-electron chi connectivity index (χ3n) is 4.53. The Kier molecular flexibility index (Phi) is 5.85. The standard InChI is InChI=1S/C19H20ClN3O3/c20-16-6-4-13(5-7-16)2-1-3-18(24)23-9-8-17-15(12-23)10-14(11-21-17)19(25)22-26/h4-7,10-11,26H,1-3,8-9,12H2,(H,22,25). The highest BCUT2D eigenvalue weighted by Crippen LogP contribution is 2.20. The number of nitrogens with zero attached hydrogens (tertiary/aromatic N) is 2. The molecule has 0 fully saturated rings. The second-order valence-electron chi connectivity index (χ2n) is 6.32. The van der Waals surface area contributed by atoms with Crippen molar-refractivity contribution >= 4 is 23.4 Å². The summed E-state index contributed by atoms with van der Waals surface area (Å²) in [4.78, 5) is 30.1. The van der Waals surface area contributed by atoms with Gasteiger partial charge in [0.25, 0.3) is 5.91 Å². The number of fused-ring (bicyclic) bond motifs is 1. The monoisotopic (exact) mass is 373 g/mol. The molecule has 0 radical (unpaired) electrons. The van der Waals surface area contributed by atoms with Gasteiger partial charge in [0.15, 0.2) is 0 Å². The molecule has 1 aromatic carbocycles. The molecule has 1 aromatic heterocycles. The highest BCUT2D eigenvalue weighted by molar-refractivity contribution is 6.30. The van der Waals surface area contributed by atoms with Crippen LogP contribution in [0.25, 0.3) is 0 Å². The van der Waals surface area contributed by atoms with Crippen LogP contribution in [0.15, 0.2) is 36.5 Å². The number of amides is 2. The van der Waals surface area contributed by atoms with Crippen molar-refractivity contribution in [3.8, 4) is 0 Å². The van der Waals surface area contributed by atoms with Crippen molar-refractivity contribution in [2.24, 2.45) is 0 Å². The average molecular weight is 374 g/mol. The first-order valence-electron chi connectivity index (χ1n) is 8.51. The first-order chi connectivity index (χ1) is 12.6. The van der Waals surface area contributed by atoms with Gasteiger partial charge in [-0.25, -0.2) is 5.48 Å². The van der Waals surface area contributed by atoms with E-state index < -0.39 is 5.91 Å². The van der Waals surface area contributed by atoms with E-state index in [9.17, 15) is 9.59 Å². The summed E-state index contributed by atoms with van der Waals surface area (Å²) in [6.45, 7) is 1.07. The van der Waals surface area contributed by atoms with Gasteiger partial charge in [-0.15, -0.1) is 0 Å². The summed E-state index contributed by atoms with van der Waals surface area (Å²) >= 11 is 5.87. The first-order valence-corrected chi connectivity index (χ1v) is 8.89. The number of aryl methyl sites for hydroxylation is 1. The molecule has 26 heavy (non-hydrogen) atoms. The molecule has 1 aliphatic heterocycles. The summed E-state index contributed by atoms with van der Waals surface area (Å²) in [7, 11) is 0. The number of halogens is 1. The predicted octanol–water partition coefficient (Wildman–Crippen LogP) is 2.76. The molecule has 0 saturated heterocycles. The summed E-state index contributed by atoms with van der Waals surface area (Å²) in [5, 5.41) is 9.45. The minimum Gasteiger partial charge on any atom is -0.338 e. The third kappa shape index (κ3) is 4.39. The average Bonchev–Trinajstić information content (AvgIpc) is 2.67. The molecule has 0 bridgehead atoms. The van der Waals surface area contributed by atoms with E-state index in [4.69, 9.17) is 16.8 Å². The van der Waals surface area contributed by atoms with Gasteiger partial charge in [-0.1, -0.05) is 23.7 Å². The quantitative estimate of drug-likeness (QED) is 0.623. The van der Waals surface area contributed by atoms with Crippen LogP contribution in [0, 0.1) is 0 Å². The van der Waals surface area contributed by atoms with Gasteiger partial charge in [-0.3, -0.25) is 19.8 Å². The van der Waals surface area contributed by atoms with Crippen LogP contribution in [-0.2, 0) is 24.2 Å². The molecule has 3 rings (SSSR count). The van der Waals surface area contributed by atoms with Crippen LogP contribution in [0.2, 0.25) is 5.02 Å². The Labute approximate surface area is 156 Å². The molecule has 2 amide bonds. The van der Waals surface area contributed by atoms with Crippen molar-refractivity contribution in [3.63, 3.8) is 0 Å². The van der Waals surface area contributed by atoms with Gasteiger partial charge < -0.3 is 4.90 Å². The lowest BCUT2D eigenvalue weighted by Crippen LogP contribution is -2.36. The predicted molar refractivity (Wildman–Crippen MR) is 97.0 cm³/mol. The smallest absolute Gasteiger partial charge is 0.276 e. The normalized spacial score (nSPS) is 13.2. The van der Waals surface area contributed by atoms with Gasteiger partial charge >= 0.3 is 0 Å². The largest absolute Gasteiger partial charge is 0.338 e. The van der Waals surface area contributed by atoms with Gasteiger partial charge in [-0.2, -0.15) is 0 Å². The minimum atomic E-state index is -0.605. The molecule has 0 saturated carbocycles. The van der Waals surface area contributed by atoms with Crippen molar-refractivity contribution in [3.05, 3.63) is 63.9 Å². The fourth-order valence-corrected chi connectivity index (χ4v) is 3.21. The van der Waals surface area contributed by atoms with E-state index in [0.717, 1.165) is 29.7 Å². The zero-order chi connectivity index (χ0) is 18.5. The maximum Gasteiger partial charge on any atom is 0.276 e. The van der Waals surface area contributed by atoms with Crippen LogP contribution in [-0.4, -0.2) is 33.5 Å². The van der Waals surface area contributed by atoms with E-state index in [1.807, 2.05) is 24.3 Å². The lowest BCUT2D eigenvalue weighted by molar-refractivity contribution is -0.132. The van der Waals surface area contributed by atoms with Crippen LogP contribution < -0.4 is 5.48 Å². The van der Waals surface area contributed by atoms with Crippen LogP contribution in [0.1, 0.15) is 40.0 Å². The topological polar surface area (TPSA) is 82.5 Å². The molecule has 7 heteroatoms. The van der Waals surface area contributed by atoms with Crippen molar-refractivity contribution < 1.29 is 14.8 Å². The molecule has 1 aliphatic rings. The lowest BCUT2D eigenvalue weighted by atomic mass is 10.0. The van der Waals surface area contributed by atoms with Gasteiger partial charge in [0.05, 0.1) is 5.56 Å². The second kappa shape index (κ2) is 8.29. The zero-order valence-corrected chi connectivity index (χ0v) is 15.0. The Balaban J connectivity index is 1.56. The van der Waals surface area contributed by atoms with E-state index in [1.165, 1.54) is 6.20 Å². The number of aromatic nitrogens is 1. The van der Waals surface area contributed by atoms with Gasteiger partial charge in [-0.05, 0) is 42.2 Å². The number of hydrogen-bond donors (Lipinski definition) is 2. The molecule has 2 aromatic rings. The molecule has 6 nitrogen and oxygen atoms in total. The second-order valence-corrected chi connectivity index (χ2v) is 6.75. The molecule has 0 atom stereocenters. The number of pyridine rings is 1. The van der Waals surface area contributed by atoms with Crippen molar-refractivity contribution in [1.29, 1.82) is 0 Å². The molecule has 2 heterocycles. The Hall–Kier alpha value is -2.44. The fraction of sp³-hybridized carbons (Fsp3) is 0.316. The van der Waals surface area contributed by atoms with E-state index in [-0.39, 0.29) is 11.5 Å². The number of nitrogens with one attached hydrogen (secondary N) is 1. The number of hydrogen-bond acceptors (Lipinski definition) is 4. The van der Waals surface area contributed by atoms with Crippen LogP contribution in [0.3, 0.4) is 0 Å². The summed E-state index contributed by atoms with van der Waals surface area (Å²) in [6.07, 6.45) is 4.18. The molecular formula is C19H20ClN3O3. The van der Waals surface area contributed by atoms with E-state index >= 15 is 0 Å². The summed E-state index contributed by atoms with van der Waals surface area (Å²) in [6, 6.07) is 9.34. The summed E-state index contributed by atoms with van der Waals surface area (Å²) < 4.78 is 0. The number of carbonyl (C=O) groups is 2. The molecule has 0 aliphatic carbocycles. The number of benzene rings is 1. The highest BCUT2D eigenvalue weighted by Gasteiger charge is 2.22. The van der Waals surface area contributed by atoms with E-state index in [1.54, 1.807) is 16.4 Å². The first kappa shape index (κ1) is 18.4. The zero-order valence-electron chi connectivity index (χ0n) is 14.2. The Morgan fingerprint density at radius 3 is 2.77 bits per heavy atom. The number of rotatable bonds is 5. The summed E-state index contributed by atoms with van der Waals surface area (Å²) in [5.74, 6) is -0.506. The van der Waals surface area contributed by atoms with Crippen molar-refractivity contribution in [2.75, 3.05) is 6.54 Å². The molecule has 2 N–H and O–H groups in total. The lowest BCUT2D eigenvalue weighted by Gasteiger charge is -2.28. The SMILES string of the molecule is O=C(NO)c1cnc2c(c1)CN(C(=O)CCCc1ccc(Cl)cc1)CC2. The van der Waals surface area contributed by atoms with Crippen LogP contribution >= 0.6 is 11.6 Å². The minimum absolute atomic E-state index is 0.0987. The molecule has 0 spiro atoms. The maximum atomic E-state index is 12.5. The van der Waals surface area contributed by atoms with Gasteiger partial charge in [0.2, 0.25) is 5.91 Å². The van der Waals surface area contributed by atoms with Crippen LogP contribution in [0.4, 0.5) is 0 Å². The maximum absolute atomic E-state index is 12.5. The van der Waals surface area contributed by atoms with Gasteiger partial charge in [0, 0.05) is 42.8 Å². The molecule has 136 valence electrons. The molecule has 0 unspecified atom stereocenters. The van der Waals surface area contributed by atoms with Gasteiger partial charge in [0.1, 0.15) is 0 Å². The number of hydroxylamine groups is 1. The Morgan fingerprint density at radius 1 is 1.27 bits per heavy atom. The van der Waals surface area contributed by atoms with Crippen molar-refractivity contribution in [1.82, 2.24) is 15.4 Å². The summed E-state index contributed by atoms with van der Waals surface area (Å²) in [5.41, 5.74) is 4.79. The Bertz CT molecular complexity index is 808. The van der Waals surface area contributed by atoms with Crippen LogP contribution in [0.5, 0.6) is 0 Å². The molecular weight excluding hydrogens is 354 g/mol. The van der Waals surface area contributed by atoms with Crippen molar-refractivity contribution in [2.45, 2.75) is 32.2 Å². The third-order valence-corrected chi connectivity index (χ3v) is 4.78. The number of carbonyl (C=O) groups excluding carboxylic acids is 2. The van der Waals surface area contributed by atoms with E-state index in [2.05, 4.69) is 4.98 Å². The van der Waals surface area contributed by atoms with E-state index in [0.29, 0.717) is 31.0 Å². The highest BCUT2D eigenvalue weighted by atomic mass is 35.5.